The number of rotatable bonds is 14. The highest BCUT2D eigenvalue weighted by molar-refractivity contribution is 7.73. The van der Waals surface area contributed by atoms with Crippen LogP contribution in [0.2, 0.25) is 0 Å². The molecule has 2 heteroatoms. The fraction of sp³-hybridized carbons (Fsp3) is 1.00. The normalized spacial score (nSPS) is 11.4. The standard InChI is InChI=1S/C18H40P.ClH/c1-5-6-7-8-9-10-11-12-13-14-15-16-17-18-19(2,3)4;/h5-18H2,1-4H3;1H/q+1;/p-1. The fourth-order valence-electron chi connectivity index (χ4n) is 2.60. The molecule has 0 aromatic rings. The summed E-state index contributed by atoms with van der Waals surface area (Å²) in [6.07, 6.45) is 20.6. The Kier molecular flexibility index (Phi) is 18.5. The Morgan fingerprint density at radius 3 is 1.10 bits per heavy atom. The van der Waals surface area contributed by atoms with E-state index in [0.717, 1.165) is 0 Å². The van der Waals surface area contributed by atoms with Crippen LogP contribution in [0.15, 0.2) is 0 Å². The first-order valence-corrected chi connectivity index (χ1v) is 12.2. The molecule has 0 aromatic heterocycles. The van der Waals surface area contributed by atoms with Gasteiger partial charge in [-0.15, -0.1) is 0 Å². The summed E-state index contributed by atoms with van der Waals surface area (Å²) in [6, 6.07) is 0. The summed E-state index contributed by atoms with van der Waals surface area (Å²) < 4.78 is 0. The molecular formula is C18H40ClP. The van der Waals surface area contributed by atoms with Crippen LogP contribution in [0, 0.1) is 0 Å². The van der Waals surface area contributed by atoms with Crippen LogP contribution in [0.25, 0.3) is 0 Å². The molecule has 0 aliphatic carbocycles. The molecule has 124 valence electrons. The van der Waals surface area contributed by atoms with Crippen molar-refractivity contribution in [2.75, 3.05) is 26.2 Å². The van der Waals surface area contributed by atoms with Crippen molar-refractivity contribution in [3.05, 3.63) is 0 Å². The topological polar surface area (TPSA) is 0 Å². The minimum Gasteiger partial charge on any atom is -1.00 e. The second-order valence-corrected chi connectivity index (χ2v) is 12.3. The highest BCUT2D eigenvalue weighted by Gasteiger charge is 2.15. The van der Waals surface area contributed by atoms with Gasteiger partial charge in [0.15, 0.2) is 0 Å². The van der Waals surface area contributed by atoms with E-state index in [1.54, 1.807) is 0 Å². The number of halogens is 1. The largest absolute Gasteiger partial charge is 1.00 e. The SMILES string of the molecule is CCCCCCCCCCCCCCC[P+](C)(C)C.[Cl-]. The van der Waals surface area contributed by atoms with Crippen molar-refractivity contribution in [1.82, 2.24) is 0 Å². The van der Waals surface area contributed by atoms with Gasteiger partial charge in [-0.1, -0.05) is 77.6 Å². The summed E-state index contributed by atoms with van der Waals surface area (Å²) in [5.74, 6) is 0. The van der Waals surface area contributed by atoms with Gasteiger partial charge < -0.3 is 12.4 Å². The molecule has 0 aliphatic heterocycles. The van der Waals surface area contributed by atoms with Crippen LogP contribution in [-0.4, -0.2) is 26.2 Å². The molecule has 0 aromatic carbocycles. The zero-order chi connectivity index (χ0) is 14.4. The maximum absolute atomic E-state index is 2.47. The molecule has 0 saturated carbocycles. The van der Waals surface area contributed by atoms with Gasteiger partial charge in [-0.2, -0.15) is 0 Å². The van der Waals surface area contributed by atoms with Gasteiger partial charge >= 0.3 is 0 Å². The van der Waals surface area contributed by atoms with E-state index in [0.29, 0.717) is 0 Å². The third kappa shape index (κ3) is 21.0. The summed E-state index contributed by atoms with van der Waals surface area (Å²) in [7, 11) is -0.498. The Labute approximate surface area is 136 Å². The van der Waals surface area contributed by atoms with E-state index in [4.69, 9.17) is 0 Å². The lowest BCUT2D eigenvalue weighted by molar-refractivity contribution is -0.00000455. The van der Waals surface area contributed by atoms with Crippen molar-refractivity contribution < 1.29 is 12.4 Å². The maximum atomic E-state index is 2.47. The zero-order valence-electron chi connectivity index (χ0n) is 14.7. The van der Waals surface area contributed by atoms with Crippen LogP contribution >= 0.6 is 7.26 Å². The van der Waals surface area contributed by atoms with Gasteiger partial charge in [-0.05, 0) is 12.8 Å². The van der Waals surface area contributed by atoms with E-state index >= 15 is 0 Å². The fourth-order valence-corrected chi connectivity index (χ4v) is 3.78. The van der Waals surface area contributed by atoms with Crippen molar-refractivity contribution >= 4 is 7.26 Å². The van der Waals surface area contributed by atoms with Crippen molar-refractivity contribution in [3.8, 4) is 0 Å². The summed E-state index contributed by atoms with van der Waals surface area (Å²) in [6.45, 7) is 9.69. The molecule has 0 radical (unpaired) electrons. The first kappa shape index (κ1) is 23.0. The van der Waals surface area contributed by atoms with Crippen LogP contribution in [0.5, 0.6) is 0 Å². The van der Waals surface area contributed by atoms with Crippen LogP contribution in [0.4, 0.5) is 0 Å². The van der Waals surface area contributed by atoms with E-state index in [1.165, 1.54) is 89.6 Å². The predicted octanol–water partition coefficient (Wildman–Crippen LogP) is 3.99. The minimum atomic E-state index is -0.498. The predicted molar refractivity (Wildman–Crippen MR) is 95.3 cm³/mol. The van der Waals surface area contributed by atoms with Crippen LogP contribution in [-0.2, 0) is 0 Å². The van der Waals surface area contributed by atoms with Crippen LogP contribution in [0.1, 0.15) is 90.4 Å². The second-order valence-electron chi connectivity index (χ2n) is 7.26. The van der Waals surface area contributed by atoms with E-state index in [9.17, 15) is 0 Å². The average Bonchev–Trinajstić information content (AvgIpc) is 2.34. The van der Waals surface area contributed by atoms with E-state index in [1.807, 2.05) is 0 Å². The number of hydrogen-bond donors (Lipinski definition) is 0. The molecule has 0 fully saturated rings. The third-order valence-electron chi connectivity index (χ3n) is 3.93. The summed E-state index contributed by atoms with van der Waals surface area (Å²) >= 11 is 0. The van der Waals surface area contributed by atoms with E-state index in [-0.39, 0.29) is 12.4 Å². The first-order chi connectivity index (χ1) is 9.06. The molecule has 0 aliphatic rings. The first-order valence-electron chi connectivity index (χ1n) is 8.86. The van der Waals surface area contributed by atoms with Gasteiger partial charge in [-0.3, -0.25) is 0 Å². The van der Waals surface area contributed by atoms with Crippen molar-refractivity contribution in [1.29, 1.82) is 0 Å². The third-order valence-corrected chi connectivity index (χ3v) is 5.59. The Bertz CT molecular complexity index is 175. The number of unbranched alkanes of at least 4 members (excludes halogenated alkanes) is 12. The number of hydrogen-bond acceptors (Lipinski definition) is 0. The lowest BCUT2D eigenvalue weighted by atomic mass is 10.1. The Hall–Kier alpha value is 0.720. The van der Waals surface area contributed by atoms with Gasteiger partial charge in [0.2, 0.25) is 0 Å². The molecule has 0 spiro atoms. The molecule has 20 heavy (non-hydrogen) atoms. The van der Waals surface area contributed by atoms with Gasteiger partial charge in [0, 0.05) is 27.3 Å². The maximum Gasteiger partial charge on any atom is 0.0586 e. The second kappa shape index (κ2) is 16.1. The molecule has 0 saturated heterocycles. The molecule has 0 N–H and O–H groups in total. The van der Waals surface area contributed by atoms with E-state index < -0.39 is 7.26 Å². The Morgan fingerprint density at radius 1 is 0.500 bits per heavy atom. The van der Waals surface area contributed by atoms with Gasteiger partial charge in [0.1, 0.15) is 0 Å². The van der Waals surface area contributed by atoms with Crippen LogP contribution < -0.4 is 12.4 Å². The lowest BCUT2D eigenvalue weighted by Gasteiger charge is -2.10. The molecule has 0 heterocycles. The summed E-state index contributed by atoms with van der Waals surface area (Å²) in [4.78, 5) is 0. The van der Waals surface area contributed by atoms with Crippen molar-refractivity contribution in [3.63, 3.8) is 0 Å². The summed E-state index contributed by atoms with van der Waals surface area (Å²) in [5, 5.41) is 0. The highest BCUT2D eigenvalue weighted by Crippen LogP contribution is 2.47. The Balaban J connectivity index is 0. The zero-order valence-corrected chi connectivity index (χ0v) is 16.4. The van der Waals surface area contributed by atoms with Gasteiger partial charge in [-0.25, -0.2) is 0 Å². The molecule has 0 nitrogen and oxygen atoms in total. The van der Waals surface area contributed by atoms with E-state index in [2.05, 4.69) is 26.9 Å². The summed E-state index contributed by atoms with van der Waals surface area (Å²) in [5.41, 5.74) is 0. The smallest absolute Gasteiger partial charge is 0.0586 e. The highest BCUT2D eigenvalue weighted by atomic mass is 35.5. The Morgan fingerprint density at radius 2 is 0.800 bits per heavy atom. The van der Waals surface area contributed by atoms with Crippen molar-refractivity contribution in [2.24, 2.45) is 0 Å². The minimum absolute atomic E-state index is 0. The monoisotopic (exact) mass is 322 g/mol. The molecule has 0 rings (SSSR count). The molecule has 0 atom stereocenters. The van der Waals surface area contributed by atoms with Crippen LogP contribution in [0.3, 0.4) is 0 Å². The molecule has 0 bridgehead atoms. The van der Waals surface area contributed by atoms with Gasteiger partial charge in [0.05, 0.1) is 6.16 Å². The molecular weight excluding hydrogens is 283 g/mol. The van der Waals surface area contributed by atoms with Gasteiger partial charge in [0.25, 0.3) is 0 Å². The average molecular weight is 323 g/mol. The quantitative estimate of drug-likeness (QED) is 0.335. The molecule has 0 amide bonds. The van der Waals surface area contributed by atoms with Crippen molar-refractivity contribution in [2.45, 2.75) is 90.4 Å². The lowest BCUT2D eigenvalue weighted by Crippen LogP contribution is -3.00. The molecule has 0 unspecified atom stereocenters.